The normalized spacial score (nSPS) is 17.4. The average Bonchev–Trinajstić information content (AvgIpc) is 2.16. The van der Waals surface area contributed by atoms with Crippen LogP contribution in [0.25, 0.3) is 0 Å². The Labute approximate surface area is 89.9 Å². The van der Waals surface area contributed by atoms with Gasteiger partial charge in [0.25, 0.3) is 0 Å². The Balaban J connectivity index is 2.26. The predicted octanol–water partition coefficient (Wildman–Crippen LogP) is 1.93. The second kappa shape index (κ2) is 4.19. The molecular formula is C12H17FN2. The Hall–Kier alpha value is -1.09. The van der Waals surface area contributed by atoms with Crippen LogP contribution in [0.5, 0.6) is 0 Å². The third-order valence-corrected chi connectivity index (χ3v) is 2.76. The summed E-state index contributed by atoms with van der Waals surface area (Å²) >= 11 is 0. The number of halogens is 1. The smallest absolute Gasteiger partial charge is 0.123 e. The summed E-state index contributed by atoms with van der Waals surface area (Å²) in [4.78, 5) is 2.25. The molecule has 0 saturated heterocycles. The number of hydrogen-bond acceptors (Lipinski definition) is 2. The van der Waals surface area contributed by atoms with Gasteiger partial charge in [0.2, 0.25) is 0 Å². The Morgan fingerprint density at radius 1 is 1.53 bits per heavy atom. The Kier molecular flexibility index (Phi) is 2.91. The van der Waals surface area contributed by atoms with Gasteiger partial charge < -0.3 is 10.6 Å². The number of hydrogen-bond donors (Lipinski definition) is 1. The summed E-state index contributed by atoms with van der Waals surface area (Å²) in [6, 6.07) is 5.19. The fourth-order valence-corrected chi connectivity index (χ4v) is 2.18. The molecule has 1 aromatic carbocycles. The van der Waals surface area contributed by atoms with Crippen molar-refractivity contribution < 1.29 is 4.39 Å². The molecule has 1 aliphatic heterocycles. The first-order valence-corrected chi connectivity index (χ1v) is 5.46. The van der Waals surface area contributed by atoms with E-state index in [1.807, 2.05) is 13.0 Å². The number of rotatable bonds is 2. The van der Waals surface area contributed by atoms with Gasteiger partial charge in [0, 0.05) is 24.8 Å². The molecule has 1 unspecified atom stereocenters. The highest BCUT2D eigenvalue weighted by atomic mass is 19.1. The number of fused-ring (bicyclic) bond motifs is 1. The van der Waals surface area contributed by atoms with Crippen molar-refractivity contribution in [3.8, 4) is 0 Å². The van der Waals surface area contributed by atoms with Gasteiger partial charge in [0.15, 0.2) is 0 Å². The SMILES string of the molecule is CC(N)CN1CCCc2cc(F)ccc21. The van der Waals surface area contributed by atoms with E-state index >= 15 is 0 Å². The molecule has 3 heteroatoms. The largest absolute Gasteiger partial charge is 0.370 e. The molecule has 0 aromatic heterocycles. The third kappa shape index (κ3) is 2.29. The van der Waals surface area contributed by atoms with E-state index in [-0.39, 0.29) is 11.9 Å². The molecule has 1 aromatic rings. The van der Waals surface area contributed by atoms with Crippen molar-refractivity contribution >= 4 is 5.69 Å². The fraction of sp³-hybridized carbons (Fsp3) is 0.500. The lowest BCUT2D eigenvalue weighted by molar-refractivity contribution is 0.609. The highest BCUT2D eigenvalue weighted by molar-refractivity contribution is 5.55. The molecule has 0 aliphatic carbocycles. The molecule has 0 saturated carbocycles. The lowest BCUT2D eigenvalue weighted by atomic mass is 10.0. The first kappa shape index (κ1) is 10.4. The van der Waals surface area contributed by atoms with Gasteiger partial charge in [-0.2, -0.15) is 0 Å². The number of nitrogens with zero attached hydrogens (tertiary/aromatic N) is 1. The Morgan fingerprint density at radius 2 is 2.33 bits per heavy atom. The minimum Gasteiger partial charge on any atom is -0.370 e. The zero-order valence-electron chi connectivity index (χ0n) is 9.04. The van der Waals surface area contributed by atoms with Crippen LogP contribution in [0.1, 0.15) is 18.9 Å². The van der Waals surface area contributed by atoms with Crippen LogP contribution in [-0.4, -0.2) is 19.1 Å². The molecule has 1 atom stereocenters. The molecule has 1 heterocycles. The van der Waals surface area contributed by atoms with E-state index in [2.05, 4.69) is 4.90 Å². The van der Waals surface area contributed by atoms with E-state index in [0.29, 0.717) is 0 Å². The first-order valence-electron chi connectivity index (χ1n) is 5.46. The Bertz CT molecular complexity index is 349. The van der Waals surface area contributed by atoms with E-state index in [4.69, 9.17) is 5.73 Å². The molecule has 0 radical (unpaired) electrons. The summed E-state index contributed by atoms with van der Waals surface area (Å²) in [6.07, 6.45) is 2.06. The van der Waals surface area contributed by atoms with Crippen molar-refractivity contribution in [1.29, 1.82) is 0 Å². The maximum Gasteiger partial charge on any atom is 0.123 e. The highest BCUT2D eigenvalue weighted by Crippen LogP contribution is 2.27. The van der Waals surface area contributed by atoms with E-state index in [1.54, 1.807) is 6.07 Å². The van der Waals surface area contributed by atoms with Gasteiger partial charge in [0.05, 0.1) is 0 Å². The number of nitrogens with two attached hydrogens (primary N) is 1. The summed E-state index contributed by atoms with van der Waals surface area (Å²) in [5.74, 6) is -0.142. The molecule has 2 nitrogen and oxygen atoms in total. The van der Waals surface area contributed by atoms with Gasteiger partial charge in [-0.05, 0) is 43.5 Å². The zero-order chi connectivity index (χ0) is 10.8. The van der Waals surface area contributed by atoms with Crippen molar-refractivity contribution in [1.82, 2.24) is 0 Å². The summed E-state index contributed by atoms with van der Waals surface area (Å²) in [5.41, 5.74) is 8.06. The van der Waals surface area contributed by atoms with Gasteiger partial charge in [0.1, 0.15) is 5.82 Å². The zero-order valence-corrected chi connectivity index (χ0v) is 9.04. The standard InChI is InChI=1S/C12H17FN2/c1-9(14)8-15-6-2-3-10-7-11(13)4-5-12(10)15/h4-5,7,9H,2-3,6,8,14H2,1H3. The van der Waals surface area contributed by atoms with Gasteiger partial charge in [-0.3, -0.25) is 0 Å². The molecule has 0 spiro atoms. The molecule has 0 bridgehead atoms. The van der Waals surface area contributed by atoms with Crippen LogP contribution in [0.15, 0.2) is 18.2 Å². The number of benzene rings is 1. The predicted molar refractivity (Wildman–Crippen MR) is 60.6 cm³/mol. The van der Waals surface area contributed by atoms with Crippen LogP contribution in [-0.2, 0) is 6.42 Å². The number of anilines is 1. The van der Waals surface area contributed by atoms with Gasteiger partial charge in [-0.25, -0.2) is 4.39 Å². The summed E-state index contributed by atoms with van der Waals surface area (Å²) in [6.45, 7) is 3.87. The maximum absolute atomic E-state index is 13.0. The van der Waals surface area contributed by atoms with Crippen LogP contribution in [0.4, 0.5) is 10.1 Å². The van der Waals surface area contributed by atoms with Crippen LogP contribution < -0.4 is 10.6 Å². The quantitative estimate of drug-likeness (QED) is 0.804. The molecule has 2 N–H and O–H groups in total. The minimum atomic E-state index is -0.142. The average molecular weight is 208 g/mol. The lowest BCUT2D eigenvalue weighted by Crippen LogP contribution is -2.38. The first-order chi connectivity index (χ1) is 7.16. The molecule has 0 fully saturated rings. The topological polar surface area (TPSA) is 29.3 Å². The molecule has 1 aliphatic rings. The number of aryl methyl sites for hydroxylation is 1. The molecule has 82 valence electrons. The van der Waals surface area contributed by atoms with Crippen molar-refractivity contribution in [2.24, 2.45) is 5.73 Å². The van der Waals surface area contributed by atoms with E-state index < -0.39 is 0 Å². The summed E-state index contributed by atoms with van der Waals surface area (Å²) in [5, 5.41) is 0. The van der Waals surface area contributed by atoms with Crippen molar-refractivity contribution in [2.75, 3.05) is 18.0 Å². The molecular weight excluding hydrogens is 191 g/mol. The third-order valence-electron chi connectivity index (χ3n) is 2.76. The van der Waals surface area contributed by atoms with Crippen LogP contribution in [0.2, 0.25) is 0 Å². The lowest BCUT2D eigenvalue weighted by Gasteiger charge is -2.32. The second-order valence-electron chi connectivity index (χ2n) is 4.30. The van der Waals surface area contributed by atoms with Crippen molar-refractivity contribution in [3.63, 3.8) is 0 Å². The van der Waals surface area contributed by atoms with E-state index in [9.17, 15) is 4.39 Å². The van der Waals surface area contributed by atoms with Gasteiger partial charge in [-0.15, -0.1) is 0 Å². The van der Waals surface area contributed by atoms with Gasteiger partial charge in [-0.1, -0.05) is 0 Å². The molecule has 15 heavy (non-hydrogen) atoms. The van der Waals surface area contributed by atoms with Crippen LogP contribution >= 0.6 is 0 Å². The minimum absolute atomic E-state index is 0.142. The summed E-state index contributed by atoms with van der Waals surface area (Å²) < 4.78 is 13.0. The van der Waals surface area contributed by atoms with Crippen molar-refractivity contribution in [2.45, 2.75) is 25.8 Å². The monoisotopic (exact) mass is 208 g/mol. The summed E-state index contributed by atoms with van der Waals surface area (Å²) in [7, 11) is 0. The van der Waals surface area contributed by atoms with E-state index in [0.717, 1.165) is 37.2 Å². The van der Waals surface area contributed by atoms with Crippen molar-refractivity contribution in [3.05, 3.63) is 29.6 Å². The Morgan fingerprint density at radius 3 is 3.07 bits per heavy atom. The van der Waals surface area contributed by atoms with E-state index in [1.165, 1.54) is 6.07 Å². The molecule has 0 amide bonds. The fourth-order valence-electron chi connectivity index (χ4n) is 2.18. The maximum atomic E-state index is 13.0. The highest BCUT2D eigenvalue weighted by Gasteiger charge is 2.17. The molecule has 2 rings (SSSR count). The van der Waals surface area contributed by atoms with Gasteiger partial charge >= 0.3 is 0 Å². The van der Waals surface area contributed by atoms with Crippen LogP contribution in [0, 0.1) is 5.82 Å². The second-order valence-corrected chi connectivity index (χ2v) is 4.30. The van der Waals surface area contributed by atoms with Crippen LogP contribution in [0.3, 0.4) is 0 Å².